The van der Waals surface area contributed by atoms with Crippen LogP contribution in [0.5, 0.6) is 0 Å². The fourth-order valence-corrected chi connectivity index (χ4v) is 4.36. The van der Waals surface area contributed by atoms with E-state index in [2.05, 4.69) is 53.5 Å². The molecule has 16 heavy (non-hydrogen) atoms. The molecule has 1 fully saturated rings. The first-order valence-corrected chi connectivity index (χ1v) is 7.67. The summed E-state index contributed by atoms with van der Waals surface area (Å²) in [5.74, 6) is 0. The second-order valence-electron chi connectivity index (χ2n) is 5.45. The number of nitrogens with one attached hydrogen (secondary N) is 1. The van der Waals surface area contributed by atoms with Gasteiger partial charge in [-0.05, 0) is 52.6 Å². The molecule has 1 saturated carbocycles. The third-order valence-corrected chi connectivity index (χ3v) is 5.80. The predicted octanol–water partition coefficient (Wildman–Crippen LogP) is 4.74. The molecule has 1 aliphatic rings. The second-order valence-corrected chi connectivity index (χ2v) is 7.26. The van der Waals surface area contributed by atoms with E-state index in [-0.39, 0.29) is 0 Å². The van der Waals surface area contributed by atoms with Gasteiger partial charge in [-0.25, -0.2) is 0 Å². The maximum atomic E-state index is 3.79. The highest BCUT2D eigenvalue weighted by molar-refractivity contribution is 9.10. The van der Waals surface area contributed by atoms with Crippen LogP contribution < -0.4 is 5.32 Å². The van der Waals surface area contributed by atoms with Crippen LogP contribution in [0.1, 0.15) is 51.0 Å². The summed E-state index contributed by atoms with van der Waals surface area (Å²) in [6, 6.07) is 3.26. The van der Waals surface area contributed by atoms with Crippen molar-refractivity contribution in [2.45, 2.75) is 52.1 Å². The van der Waals surface area contributed by atoms with Gasteiger partial charge in [0.15, 0.2) is 0 Å². The van der Waals surface area contributed by atoms with Crippen molar-refractivity contribution >= 4 is 27.3 Å². The lowest BCUT2D eigenvalue weighted by atomic mass is 9.87. The number of hydrogen-bond donors (Lipinski definition) is 1. The Morgan fingerprint density at radius 1 is 1.56 bits per heavy atom. The minimum atomic E-state index is 0.455. The molecule has 0 aliphatic heterocycles. The molecular weight excluding hydrogens is 282 g/mol. The number of thiophene rings is 1. The van der Waals surface area contributed by atoms with Crippen LogP contribution in [-0.2, 0) is 0 Å². The quantitative estimate of drug-likeness (QED) is 0.850. The summed E-state index contributed by atoms with van der Waals surface area (Å²) in [7, 11) is 0. The molecule has 0 aromatic carbocycles. The van der Waals surface area contributed by atoms with Crippen LogP contribution in [0.3, 0.4) is 0 Å². The van der Waals surface area contributed by atoms with Crippen LogP contribution >= 0.6 is 27.3 Å². The lowest BCUT2D eigenvalue weighted by molar-refractivity contribution is 0.267. The molecule has 0 spiro atoms. The molecule has 0 radical (unpaired) electrons. The van der Waals surface area contributed by atoms with Crippen LogP contribution in [-0.4, -0.2) is 6.04 Å². The Labute approximate surface area is 111 Å². The Morgan fingerprint density at radius 2 is 2.31 bits per heavy atom. The van der Waals surface area contributed by atoms with Crippen molar-refractivity contribution in [1.82, 2.24) is 5.32 Å². The molecular formula is C13H20BrNS. The van der Waals surface area contributed by atoms with E-state index < -0.39 is 0 Å². The lowest BCUT2D eigenvalue weighted by Gasteiger charge is -2.30. The predicted molar refractivity (Wildman–Crippen MR) is 75.0 cm³/mol. The molecule has 1 aliphatic carbocycles. The summed E-state index contributed by atoms with van der Waals surface area (Å²) >= 11 is 5.45. The molecule has 2 unspecified atom stereocenters. The molecule has 3 heteroatoms. The van der Waals surface area contributed by atoms with Crippen molar-refractivity contribution < 1.29 is 0 Å². The van der Waals surface area contributed by atoms with Gasteiger partial charge in [0.2, 0.25) is 0 Å². The fraction of sp³-hybridized carbons (Fsp3) is 0.692. The van der Waals surface area contributed by atoms with E-state index >= 15 is 0 Å². The van der Waals surface area contributed by atoms with Gasteiger partial charge in [-0.2, -0.15) is 0 Å². The number of rotatable bonds is 3. The first-order valence-electron chi connectivity index (χ1n) is 5.99. The SMILES string of the molecule is CC(NC1CCCC1(C)C)c1sccc1Br. The highest BCUT2D eigenvalue weighted by Gasteiger charge is 2.35. The minimum Gasteiger partial charge on any atom is -0.306 e. The first-order chi connectivity index (χ1) is 7.50. The van der Waals surface area contributed by atoms with Gasteiger partial charge in [0, 0.05) is 21.4 Å². The Morgan fingerprint density at radius 3 is 2.81 bits per heavy atom. The van der Waals surface area contributed by atoms with Gasteiger partial charge < -0.3 is 5.32 Å². The van der Waals surface area contributed by atoms with E-state index in [4.69, 9.17) is 0 Å². The van der Waals surface area contributed by atoms with Crippen LogP contribution in [0.25, 0.3) is 0 Å². The highest BCUT2D eigenvalue weighted by Crippen LogP contribution is 2.39. The summed E-state index contributed by atoms with van der Waals surface area (Å²) in [4.78, 5) is 1.42. The fourth-order valence-electron chi connectivity index (χ4n) is 2.63. The molecule has 0 amide bonds. The van der Waals surface area contributed by atoms with Gasteiger partial charge in [0.05, 0.1) is 0 Å². The highest BCUT2D eigenvalue weighted by atomic mass is 79.9. The summed E-state index contributed by atoms with van der Waals surface area (Å²) in [6.07, 6.45) is 4.03. The molecule has 2 atom stereocenters. The molecule has 0 saturated heterocycles. The topological polar surface area (TPSA) is 12.0 Å². The largest absolute Gasteiger partial charge is 0.306 e. The molecule has 0 bridgehead atoms. The number of hydrogen-bond acceptors (Lipinski definition) is 2. The monoisotopic (exact) mass is 301 g/mol. The first kappa shape index (κ1) is 12.6. The Hall–Kier alpha value is 0.140. The van der Waals surface area contributed by atoms with Gasteiger partial charge >= 0.3 is 0 Å². The second kappa shape index (κ2) is 4.79. The van der Waals surface area contributed by atoms with Crippen LogP contribution in [0.15, 0.2) is 15.9 Å². The average Bonchev–Trinajstić information content (AvgIpc) is 2.74. The van der Waals surface area contributed by atoms with Gasteiger partial charge in [-0.3, -0.25) is 0 Å². The van der Waals surface area contributed by atoms with Crippen molar-refractivity contribution in [2.75, 3.05) is 0 Å². The van der Waals surface area contributed by atoms with Crippen LogP contribution in [0.4, 0.5) is 0 Å². The smallest absolute Gasteiger partial charge is 0.0399 e. The van der Waals surface area contributed by atoms with Crippen molar-refractivity contribution in [3.63, 3.8) is 0 Å². The van der Waals surface area contributed by atoms with E-state index in [0.29, 0.717) is 17.5 Å². The molecule has 1 aromatic rings. The van der Waals surface area contributed by atoms with E-state index in [0.717, 1.165) is 0 Å². The Balaban J connectivity index is 2.03. The van der Waals surface area contributed by atoms with Gasteiger partial charge in [-0.1, -0.05) is 20.3 Å². The summed E-state index contributed by atoms with van der Waals surface area (Å²) < 4.78 is 1.24. The van der Waals surface area contributed by atoms with Gasteiger partial charge in [-0.15, -0.1) is 11.3 Å². The summed E-state index contributed by atoms with van der Waals surface area (Å²) in [6.45, 7) is 7.03. The zero-order valence-electron chi connectivity index (χ0n) is 10.2. The molecule has 1 aromatic heterocycles. The third kappa shape index (κ3) is 2.52. The summed E-state index contributed by atoms with van der Waals surface area (Å²) in [5.41, 5.74) is 0.456. The lowest BCUT2D eigenvalue weighted by Crippen LogP contribution is -2.39. The standard InChI is InChI=1S/C13H20BrNS/c1-9(12-10(14)6-8-16-12)15-11-5-4-7-13(11,2)3/h6,8-9,11,15H,4-5,7H2,1-3H3. The third-order valence-electron chi connectivity index (χ3n) is 3.75. The maximum Gasteiger partial charge on any atom is 0.0399 e. The zero-order valence-corrected chi connectivity index (χ0v) is 12.6. The van der Waals surface area contributed by atoms with Gasteiger partial charge in [0.1, 0.15) is 0 Å². The van der Waals surface area contributed by atoms with Gasteiger partial charge in [0.25, 0.3) is 0 Å². The summed E-state index contributed by atoms with van der Waals surface area (Å²) in [5, 5.41) is 5.94. The molecule has 90 valence electrons. The minimum absolute atomic E-state index is 0.455. The zero-order chi connectivity index (χ0) is 11.8. The molecule has 1 N–H and O–H groups in total. The van der Waals surface area contributed by atoms with Crippen molar-refractivity contribution in [2.24, 2.45) is 5.41 Å². The molecule has 1 heterocycles. The number of halogens is 1. The van der Waals surface area contributed by atoms with Crippen LogP contribution in [0, 0.1) is 5.41 Å². The van der Waals surface area contributed by atoms with Crippen molar-refractivity contribution in [3.05, 3.63) is 20.8 Å². The maximum absolute atomic E-state index is 3.79. The van der Waals surface area contributed by atoms with E-state index in [1.54, 1.807) is 0 Å². The normalized spacial score (nSPS) is 25.9. The average molecular weight is 302 g/mol. The van der Waals surface area contributed by atoms with E-state index in [1.165, 1.54) is 28.6 Å². The van der Waals surface area contributed by atoms with Crippen LogP contribution in [0.2, 0.25) is 0 Å². The molecule has 1 nitrogen and oxygen atoms in total. The Kier molecular flexibility index (Phi) is 3.77. The van der Waals surface area contributed by atoms with Crippen molar-refractivity contribution in [1.29, 1.82) is 0 Å². The Bertz CT molecular complexity index is 359. The van der Waals surface area contributed by atoms with Crippen molar-refractivity contribution in [3.8, 4) is 0 Å². The van der Waals surface area contributed by atoms with E-state index in [1.807, 2.05) is 11.3 Å². The molecule has 2 rings (SSSR count). The van der Waals surface area contributed by atoms with E-state index in [9.17, 15) is 0 Å².